The zero-order valence-corrected chi connectivity index (χ0v) is 39.5. The highest BCUT2D eigenvalue weighted by atomic mass is 14.9. The Morgan fingerprint density at radius 1 is 0.236 bits per heavy atom. The summed E-state index contributed by atoms with van der Waals surface area (Å²) in [5.74, 6) is 0.689. The van der Waals surface area contributed by atoms with Gasteiger partial charge in [-0.2, -0.15) is 0 Å². The smallest absolute Gasteiger partial charge is 0.160 e. The number of rotatable bonds is 8. The van der Waals surface area contributed by atoms with Crippen molar-refractivity contribution in [3.8, 4) is 67.3 Å². The summed E-state index contributed by atoms with van der Waals surface area (Å²) in [5.41, 5.74) is 21.3. The lowest BCUT2D eigenvalue weighted by Gasteiger charge is -2.35. The molecule has 0 radical (unpaired) electrons. The summed E-state index contributed by atoms with van der Waals surface area (Å²) in [6.45, 7) is 0. The zero-order chi connectivity index (χ0) is 47.6. The third-order valence-corrected chi connectivity index (χ3v) is 15.5. The Labute approximate surface area is 420 Å². The molecule has 2 nitrogen and oxygen atoms in total. The van der Waals surface area contributed by atoms with Crippen LogP contribution in [0.4, 0.5) is 0 Å². The molecule has 0 saturated heterocycles. The van der Waals surface area contributed by atoms with Crippen LogP contribution in [0, 0.1) is 0 Å². The quantitative estimate of drug-likeness (QED) is 0.152. The standard InChI is InChI=1S/C70H46N2/c1-6-23-47(24-7-1)68-71-65(48-41-44-64-61(45-48)57-36-19-20-39-62(57)69(64,49-25-8-2-9-26-49)50-27-10-3-11-28-50)46-66(72-68)58-43-42-55(53-33-16-17-34-54(53)58)59-37-22-38-60-56-35-18-21-40-63(56)70(67(59)60,51-29-12-4-13-30-51)52-31-14-5-15-32-52/h1-46H. The summed E-state index contributed by atoms with van der Waals surface area (Å²) in [6.07, 6.45) is 0. The molecule has 1 heterocycles. The molecule has 14 rings (SSSR count). The van der Waals surface area contributed by atoms with Crippen molar-refractivity contribution >= 4 is 10.8 Å². The Bertz CT molecular complexity index is 3940. The molecule has 0 unspecified atom stereocenters. The number of hydrogen-bond acceptors (Lipinski definition) is 2. The van der Waals surface area contributed by atoms with Crippen molar-refractivity contribution in [2.75, 3.05) is 0 Å². The molecule has 12 aromatic rings. The van der Waals surface area contributed by atoms with Gasteiger partial charge in [0, 0.05) is 16.7 Å². The molecular formula is C70H46N2. The van der Waals surface area contributed by atoms with Crippen LogP contribution >= 0.6 is 0 Å². The summed E-state index contributed by atoms with van der Waals surface area (Å²) in [4.78, 5) is 10.8. The maximum Gasteiger partial charge on any atom is 0.160 e. The molecule has 0 aliphatic heterocycles. The minimum absolute atomic E-state index is 0.483. The largest absolute Gasteiger partial charge is 0.228 e. The number of benzene rings is 11. The number of nitrogens with zero attached hydrogens (tertiary/aromatic N) is 2. The molecule has 336 valence electrons. The van der Waals surface area contributed by atoms with Crippen molar-refractivity contribution in [2.24, 2.45) is 0 Å². The summed E-state index contributed by atoms with van der Waals surface area (Å²) in [6, 6.07) is 102. The van der Waals surface area contributed by atoms with Gasteiger partial charge in [0.2, 0.25) is 0 Å². The van der Waals surface area contributed by atoms with E-state index in [0.29, 0.717) is 5.82 Å². The van der Waals surface area contributed by atoms with Gasteiger partial charge in [-0.15, -0.1) is 0 Å². The van der Waals surface area contributed by atoms with E-state index in [1.54, 1.807) is 0 Å². The van der Waals surface area contributed by atoms with E-state index in [4.69, 9.17) is 9.97 Å². The predicted molar refractivity (Wildman–Crippen MR) is 296 cm³/mol. The molecule has 1 aromatic heterocycles. The van der Waals surface area contributed by atoms with Gasteiger partial charge < -0.3 is 0 Å². The topological polar surface area (TPSA) is 25.8 Å². The SMILES string of the molecule is c1ccc(-c2nc(-c3ccc4c(c3)-c3ccccc3C4(c3ccccc3)c3ccccc3)cc(-c3ccc(-c4cccc5c4C(c4ccccc4)(c4ccccc4)c4ccccc4-5)c4ccccc34)n2)cc1. The Balaban J connectivity index is 0.974. The van der Waals surface area contributed by atoms with Crippen LogP contribution in [-0.4, -0.2) is 9.97 Å². The van der Waals surface area contributed by atoms with Crippen molar-refractivity contribution < 1.29 is 0 Å². The third kappa shape index (κ3) is 6.16. The van der Waals surface area contributed by atoms with E-state index < -0.39 is 10.8 Å². The second kappa shape index (κ2) is 16.7. The molecule has 72 heavy (non-hydrogen) atoms. The first kappa shape index (κ1) is 41.7. The first-order valence-electron chi connectivity index (χ1n) is 24.9. The molecule has 0 spiro atoms. The molecule has 0 N–H and O–H groups in total. The lowest BCUT2D eigenvalue weighted by Crippen LogP contribution is -2.29. The van der Waals surface area contributed by atoms with E-state index >= 15 is 0 Å². The summed E-state index contributed by atoms with van der Waals surface area (Å²) in [7, 11) is 0. The first-order valence-corrected chi connectivity index (χ1v) is 24.9. The average Bonchev–Trinajstić information content (AvgIpc) is 3.95. The van der Waals surface area contributed by atoms with E-state index in [9.17, 15) is 0 Å². The van der Waals surface area contributed by atoms with Crippen molar-refractivity contribution in [3.63, 3.8) is 0 Å². The predicted octanol–water partition coefficient (Wildman–Crippen LogP) is 17.0. The summed E-state index contributed by atoms with van der Waals surface area (Å²) < 4.78 is 0. The first-order chi connectivity index (χ1) is 35.7. The van der Waals surface area contributed by atoms with Crippen LogP contribution in [0.5, 0.6) is 0 Å². The van der Waals surface area contributed by atoms with Gasteiger partial charge in [-0.3, -0.25) is 0 Å². The van der Waals surface area contributed by atoms with Gasteiger partial charge >= 0.3 is 0 Å². The van der Waals surface area contributed by atoms with Crippen LogP contribution in [0.2, 0.25) is 0 Å². The molecule has 2 aliphatic rings. The van der Waals surface area contributed by atoms with Crippen molar-refractivity contribution in [1.82, 2.24) is 9.97 Å². The van der Waals surface area contributed by atoms with Crippen molar-refractivity contribution in [2.45, 2.75) is 10.8 Å². The minimum Gasteiger partial charge on any atom is -0.228 e. The van der Waals surface area contributed by atoms with Crippen LogP contribution in [-0.2, 0) is 10.8 Å². The minimum atomic E-state index is -0.546. The summed E-state index contributed by atoms with van der Waals surface area (Å²) >= 11 is 0. The average molecular weight is 915 g/mol. The monoisotopic (exact) mass is 914 g/mol. The Morgan fingerprint density at radius 3 is 1.25 bits per heavy atom. The van der Waals surface area contributed by atoms with Gasteiger partial charge in [0.25, 0.3) is 0 Å². The maximum atomic E-state index is 5.44. The lowest BCUT2D eigenvalue weighted by atomic mass is 9.66. The van der Waals surface area contributed by atoms with Crippen LogP contribution in [0.1, 0.15) is 44.5 Å². The highest BCUT2D eigenvalue weighted by molar-refractivity contribution is 6.07. The van der Waals surface area contributed by atoms with Crippen molar-refractivity contribution in [3.05, 3.63) is 324 Å². The maximum absolute atomic E-state index is 5.44. The van der Waals surface area contributed by atoms with Crippen LogP contribution in [0.3, 0.4) is 0 Å². The van der Waals surface area contributed by atoms with Crippen molar-refractivity contribution in [1.29, 1.82) is 0 Å². The fourth-order valence-corrected chi connectivity index (χ4v) is 12.5. The second-order valence-corrected chi connectivity index (χ2v) is 19.1. The molecule has 11 aromatic carbocycles. The van der Waals surface area contributed by atoms with Gasteiger partial charge in [0.05, 0.1) is 22.2 Å². The van der Waals surface area contributed by atoms with Gasteiger partial charge in [-0.25, -0.2) is 9.97 Å². The zero-order valence-electron chi connectivity index (χ0n) is 39.5. The Kier molecular flexibility index (Phi) is 9.69. The molecule has 2 heteroatoms. The van der Waals surface area contributed by atoms with Gasteiger partial charge in [-0.05, 0) is 101 Å². The van der Waals surface area contributed by atoms with Gasteiger partial charge in [-0.1, -0.05) is 267 Å². The van der Waals surface area contributed by atoms with Crippen LogP contribution < -0.4 is 0 Å². The fraction of sp³-hybridized carbons (Fsp3) is 0.0286. The number of fused-ring (bicyclic) bond motifs is 7. The molecular weight excluding hydrogens is 869 g/mol. The molecule has 0 atom stereocenters. The molecule has 2 aliphatic carbocycles. The van der Waals surface area contributed by atoms with Crippen LogP contribution in [0.25, 0.3) is 78.1 Å². The van der Waals surface area contributed by atoms with E-state index in [1.165, 1.54) is 83.3 Å². The Hall–Kier alpha value is -9.24. The highest BCUT2D eigenvalue weighted by Crippen LogP contribution is 2.60. The molecule has 0 fully saturated rings. The van der Waals surface area contributed by atoms with Crippen LogP contribution in [0.15, 0.2) is 279 Å². The fourth-order valence-electron chi connectivity index (χ4n) is 12.5. The molecule has 0 saturated carbocycles. The molecule has 0 bridgehead atoms. The van der Waals surface area contributed by atoms with E-state index in [-0.39, 0.29) is 0 Å². The normalized spacial score (nSPS) is 13.5. The number of hydrogen-bond donors (Lipinski definition) is 0. The Morgan fingerprint density at radius 2 is 0.653 bits per heavy atom. The van der Waals surface area contributed by atoms with E-state index in [1.807, 2.05) is 6.07 Å². The highest BCUT2D eigenvalue weighted by Gasteiger charge is 2.48. The third-order valence-electron chi connectivity index (χ3n) is 15.5. The van der Waals surface area contributed by atoms with Gasteiger partial charge in [0.1, 0.15) is 0 Å². The lowest BCUT2D eigenvalue weighted by molar-refractivity contribution is 0.768. The number of aromatic nitrogens is 2. The van der Waals surface area contributed by atoms with Gasteiger partial charge in [0.15, 0.2) is 5.82 Å². The molecule has 0 amide bonds. The van der Waals surface area contributed by atoms with E-state index in [2.05, 4.69) is 273 Å². The second-order valence-electron chi connectivity index (χ2n) is 19.1. The van der Waals surface area contributed by atoms with E-state index in [0.717, 1.165) is 33.5 Å². The summed E-state index contributed by atoms with van der Waals surface area (Å²) in [5, 5.41) is 2.30.